The number of ether oxygens (including phenoxy) is 1. The van der Waals surface area contributed by atoms with Crippen molar-refractivity contribution in [3.63, 3.8) is 0 Å². The van der Waals surface area contributed by atoms with Gasteiger partial charge in [-0.1, -0.05) is 31.2 Å². The Bertz CT molecular complexity index is 765. The highest BCUT2D eigenvalue weighted by atomic mass is 32.2. The van der Waals surface area contributed by atoms with E-state index >= 15 is 0 Å². The van der Waals surface area contributed by atoms with Crippen LogP contribution in [-0.2, 0) is 21.6 Å². The highest BCUT2D eigenvalue weighted by molar-refractivity contribution is 7.67. The summed E-state index contributed by atoms with van der Waals surface area (Å²) in [4.78, 5) is 2.19. The molecule has 2 aromatic carbocycles. The Morgan fingerprint density at radius 1 is 1.09 bits per heavy atom. The normalized spacial score (nSPS) is 12.7. The van der Waals surface area contributed by atoms with Gasteiger partial charge in [-0.3, -0.25) is 4.18 Å². The lowest BCUT2D eigenvalue weighted by molar-refractivity contribution is 0.328. The van der Waals surface area contributed by atoms with Crippen LogP contribution in [0.2, 0.25) is 0 Å². The smallest absolute Gasteiger partial charge is 0.257 e. The van der Waals surface area contributed by atoms with Gasteiger partial charge in [0.25, 0.3) is 11.0 Å². The second kappa shape index (κ2) is 7.02. The maximum atomic E-state index is 10.5. The van der Waals surface area contributed by atoms with Gasteiger partial charge in [-0.2, -0.15) is 0 Å². The summed E-state index contributed by atoms with van der Waals surface area (Å²) < 4.78 is 31.7. The number of rotatable bonds is 6. The van der Waals surface area contributed by atoms with Crippen molar-refractivity contribution in [2.24, 2.45) is 0 Å². The van der Waals surface area contributed by atoms with Crippen molar-refractivity contribution in [2.75, 3.05) is 18.1 Å². The topological polar surface area (TPSA) is 55.8 Å². The number of para-hydroxylation sites is 3. The number of benzene rings is 2. The first-order chi connectivity index (χ1) is 11.2. The van der Waals surface area contributed by atoms with Gasteiger partial charge in [0, 0.05) is 6.54 Å². The maximum absolute atomic E-state index is 10.5. The molecule has 6 heteroatoms. The standard InChI is InChI=1S/C17H19NO4S/c1-2-13-7-5-10-16-17(13)18(11-6-12-21-23(19)20)14-8-3-4-9-15(14)22-16/h3-5,7-10,23H,2,6,11-12H2,1H3. The van der Waals surface area contributed by atoms with E-state index in [2.05, 4.69) is 22.1 Å². The SMILES string of the molecule is CCc1cccc2c1N(CCCO[SH](=O)=O)c1ccccc1O2. The summed E-state index contributed by atoms with van der Waals surface area (Å²) in [6, 6.07) is 13.9. The molecule has 0 saturated heterocycles. The van der Waals surface area contributed by atoms with Gasteiger partial charge in [0.2, 0.25) is 0 Å². The summed E-state index contributed by atoms with van der Waals surface area (Å²) >= 11 is 0. The predicted molar refractivity (Wildman–Crippen MR) is 90.2 cm³/mol. The van der Waals surface area contributed by atoms with Crippen molar-refractivity contribution in [1.29, 1.82) is 0 Å². The zero-order chi connectivity index (χ0) is 16.2. The molecule has 0 bridgehead atoms. The number of hydrogen-bond donors (Lipinski definition) is 1. The van der Waals surface area contributed by atoms with E-state index in [9.17, 15) is 8.42 Å². The molecular formula is C17H19NO4S. The molecule has 0 radical (unpaired) electrons. The average molecular weight is 333 g/mol. The Balaban J connectivity index is 1.93. The fraction of sp³-hybridized carbons (Fsp3) is 0.294. The maximum Gasteiger partial charge on any atom is 0.257 e. The van der Waals surface area contributed by atoms with Crippen molar-refractivity contribution in [3.8, 4) is 11.5 Å². The fourth-order valence-electron chi connectivity index (χ4n) is 2.84. The van der Waals surface area contributed by atoms with Gasteiger partial charge in [0.05, 0.1) is 18.0 Å². The molecule has 0 fully saturated rings. The lowest BCUT2D eigenvalue weighted by Gasteiger charge is -2.34. The van der Waals surface area contributed by atoms with E-state index in [0.29, 0.717) is 13.0 Å². The molecule has 0 spiro atoms. The lowest BCUT2D eigenvalue weighted by atomic mass is 10.1. The van der Waals surface area contributed by atoms with E-state index < -0.39 is 11.0 Å². The Hall–Kier alpha value is -2.05. The van der Waals surface area contributed by atoms with E-state index in [1.165, 1.54) is 5.56 Å². The Kier molecular flexibility index (Phi) is 4.83. The number of aryl methyl sites for hydroxylation is 1. The first-order valence-corrected chi connectivity index (χ1v) is 8.74. The molecule has 1 aliphatic rings. The molecule has 0 saturated carbocycles. The third kappa shape index (κ3) is 3.33. The van der Waals surface area contributed by atoms with E-state index in [1.54, 1.807) is 0 Å². The number of anilines is 2. The molecule has 23 heavy (non-hydrogen) atoms. The largest absolute Gasteiger partial charge is 0.453 e. The van der Waals surface area contributed by atoms with Crippen molar-refractivity contribution < 1.29 is 17.3 Å². The molecule has 2 aromatic rings. The monoisotopic (exact) mass is 333 g/mol. The Morgan fingerprint density at radius 3 is 2.65 bits per heavy atom. The third-order valence-electron chi connectivity index (χ3n) is 3.83. The van der Waals surface area contributed by atoms with E-state index in [1.807, 2.05) is 36.4 Å². The van der Waals surface area contributed by atoms with Crippen molar-refractivity contribution >= 4 is 22.4 Å². The van der Waals surface area contributed by atoms with E-state index in [4.69, 9.17) is 4.74 Å². The molecule has 0 aliphatic carbocycles. The predicted octanol–water partition coefficient (Wildman–Crippen LogP) is 3.43. The quantitative estimate of drug-likeness (QED) is 0.648. The highest BCUT2D eigenvalue weighted by Crippen LogP contribution is 2.48. The molecule has 0 unspecified atom stereocenters. The third-order valence-corrected chi connectivity index (χ3v) is 4.23. The van der Waals surface area contributed by atoms with Crippen LogP contribution in [-0.4, -0.2) is 21.6 Å². The highest BCUT2D eigenvalue weighted by Gasteiger charge is 2.25. The van der Waals surface area contributed by atoms with Crippen LogP contribution in [0.25, 0.3) is 0 Å². The molecule has 5 nitrogen and oxygen atoms in total. The van der Waals surface area contributed by atoms with Gasteiger partial charge >= 0.3 is 0 Å². The number of hydrogen-bond acceptors (Lipinski definition) is 5. The molecule has 3 rings (SSSR count). The molecule has 0 atom stereocenters. The summed E-state index contributed by atoms with van der Waals surface area (Å²) in [7, 11) is -2.79. The van der Waals surface area contributed by atoms with Gasteiger partial charge < -0.3 is 9.64 Å². The molecule has 1 aliphatic heterocycles. The second-order valence-electron chi connectivity index (χ2n) is 5.25. The van der Waals surface area contributed by atoms with E-state index in [0.717, 1.165) is 29.3 Å². The first kappa shape index (κ1) is 15.8. The van der Waals surface area contributed by atoms with Crippen LogP contribution in [0.5, 0.6) is 11.5 Å². The lowest BCUT2D eigenvalue weighted by Crippen LogP contribution is -2.24. The van der Waals surface area contributed by atoms with Crippen LogP contribution in [0, 0.1) is 0 Å². The zero-order valence-corrected chi connectivity index (χ0v) is 13.8. The van der Waals surface area contributed by atoms with Crippen molar-refractivity contribution in [1.82, 2.24) is 0 Å². The van der Waals surface area contributed by atoms with Crippen LogP contribution in [0.3, 0.4) is 0 Å². The molecule has 0 N–H and O–H groups in total. The van der Waals surface area contributed by atoms with Crippen LogP contribution >= 0.6 is 0 Å². The average Bonchev–Trinajstić information content (AvgIpc) is 2.56. The molecule has 0 amide bonds. The van der Waals surface area contributed by atoms with Crippen molar-refractivity contribution in [2.45, 2.75) is 19.8 Å². The minimum atomic E-state index is -2.79. The van der Waals surface area contributed by atoms with E-state index in [-0.39, 0.29) is 6.61 Å². The van der Waals surface area contributed by atoms with Gasteiger partial charge in [-0.05, 0) is 36.6 Å². The molecule has 0 aromatic heterocycles. The van der Waals surface area contributed by atoms with Crippen LogP contribution < -0.4 is 9.64 Å². The van der Waals surface area contributed by atoms with Gasteiger partial charge in [0.15, 0.2) is 11.5 Å². The first-order valence-electron chi connectivity index (χ1n) is 7.64. The minimum Gasteiger partial charge on any atom is -0.453 e. The minimum absolute atomic E-state index is 0.182. The number of fused-ring (bicyclic) bond motifs is 2. The number of thiol groups is 1. The molecular weight excluding hydrogens is 314 g/mol. The van der Waals surface area contributed by atoms with Gasteiger partial charge in [-0.15, -0.1) is 0 Å². The van der Waals surface area contributed by atoms with Crippen LogP contribution in [0.1, 0.15) is 18.9 Å². The summed E-state index contributed by atoms with van der Waals surface area (Å²) in [5, 5.41) is 0. The second-order valence-corrected chi connectivity index (χ2v) is 5.95. The summed E-state index contributed by atoms with van der Waals surface area (Å²) in [5.74, 6) is 1.64. The van der Waals surface area contributed by atoms with Crippen LogP contribution in [0.4, 0.5) is 11.4 Å². The summed E-state index contributed by atoms with van der Waals surface area (Å²) in [6.45, 7) is 2.95. The molecule has 1 heterocycles. The van der Waals surface area contributed by atoms with Crippen LogP contribution in [0.15, 0.2) is 42.5 Å². The zero-order valence-electron chi connectivity index (χ0n) is 12.9. The Labute approximate surface area is 137 Å². The Morgan fingerprint density at radius 2 is 1.87 bits per heavy atom. The van der Waals surface area contributed by atoms with Crippen molar-refractivity contribution in [3.05, 3.63) is 48.0 Å². The summed E-state index contributed by atoms with van der Waals surface area (Å²) in [5.41, 5.74) is 3.25. The fourth-order valence-corrected chi connectivity index (χ4v) is 3.12. The molecule has 122 valence electrons. The van der Waals surface area contributed by atoms with Gasteiger partial charge in [0.1, 0.15) is 0 Å². The van der Waals surface area contributed by atoms with Gasteiger partial charge in [-0.25, -0.2) is 8.42 Å². The summed E-state index contributed by atoms with van der Waals surface area (Å²) in [6.07, 6.45) is 1.50. The number of nitrogens with zero attached hydrogens (tertiary/aromatic N) is 1.